The summed E-state index contributed by atoms with van der Waals surface area (Å²) < 4.78 is 2.18. The molecule has 0 aromatic carbocycles. The molecule has 0 saturated carbocycles. The van der Waals surface area contributed by atoms with E-state index in [2.05, 4.69) is 18.4 Å². The fourth-order valence-electron chi connectivity index (χ4n) is 2.49. The van der Waals surface area contributed by atoms with E-state index in [9.17, 15) is 9.59 Å². The maximum absolute atomic E-state index is 12.1. The average Bonchev–Trinajstić information content (AvgIpc) is 2.53. The lowest BCUT2D eigenvalue weighted by Gasteiger charge is -2.13. The van der Waals surface area contributed by atoms with Crippen LogP contribution < -0.4 is 0 Å². The molecule has 0 fully saturated rings. The van der Waals surface area contributed by atoms with Crippen LogP contribution in [0.1, 0.15) is 67.8 Å². The first kappa shape index (κ1) is 14.7. The van der Waals surface area contributed by atoms with Gasteiger partial charge in [0.1, 0.15) is 5.78 Å². The molecule has 100 valence electrons. The fourth-order valence-corrected chi connectivity index (χ4v) is 2.49. The summed E-state index contributed by atoms with van der Waals surface area (Å²) in [5.74, 6) is 0.298. The highest BCUT2D eigenvalue weighted by molar-refractivity contribution is 5.97. The third-order valence-corrected chi connectivity index (χ3v) is 3.23. The quantitative estimate of drug-likeness (QED) is 0.722. The summed E-state index contributed by atoms with van der Waals surface area (Å²) in [5, 5.41) is 0. The highest BCUT2D eigenvalue weighted by atomic mass is 16.1. The maximum atomic E-state index is 12.1. The molecule has 0 aliphatic carbocycles. The molecule has 0 spiro atoms. The first-order valence-electron chi connectivity index (χ1n) is 6.55. The molecule has 18 heavy (non-hydrogen) atoms. The number of carbonyl (C=O) groups is 2. The van der Waals surface area contributed by atoms with Gasteiger partial charge in [-0.05, 0) is 47.1 Å². The molecule has 3 nitrogen and oxygen atoms in total. The number of rotatable bonds is 6. The van der Waals surface area contributed by atoms with Crippen molar-refractivity contribution in [2.24, 2.45) is 0 Å². The van der Waals surface area contributed by atoms with Gasteiger partial charge in [0.2, 0.25) is 0 Å². The van der Waals surface area contributed by atoms with Crippen molar-refractivity contribution in [3.05, 3.63) is 23.0 Å². The molecule has 1 aromatic rings. The SMILES string of the molecule is CC(=O)CCCC(=O)c1cc(C)n(C(C)C)c1C. The highest BCUT2D eigenvalue weighted by Gasteiger charge is 2.16. The largest absolute Gasteiger partial charge is 0.346 e. The summed E-state index contributed by atoms with van der Waals surface area (Å²) in [5.41, 5.74) is 2.97. The average molecular weight is 249 g/mol. The van der Waals surface area contributed by atoms with Crippen LogP contribution >= 0.6 is 0 Å². The van der Waals surface area contributed by atoms with Crippen molar-refractivity contribution in [2.45, 2.75) is 59.9 Å². The zero-order chi connectivity index (χ0) is 13.9. The second-order valence-corrected chi connectivity index (χ2v) is 5.23. The number of aromatic nitrogens is 1. The van der Waals surface area contributed by atoms with E-state index in [-0.39, 0.29) is 11.6 Å². The molecule has 0 saturated heterocycles. The molecular formula is C15H23NO2. The molecular weight excluding hydrogens is 226 g/mol. The summed E-state index contributed by atoms with van der Waals surface area (Å²) in [6, 6.07) is 2.33. The minimum absolute atomic E-state index is 0.149. The molecule has 3 heteroatoms. The lowest BCUT2D eigenvalue weighted by atomic mass is 10.0. The van der Waals surface area contributed by atoms with E-state index >= 15 is 0 Å². The van der Waals surface area contributed by atoms with Gasteiger partial charge in [-0.1, -0.05) is 0 Å². The molecule has 0 atom stereocenters. The van der Waals surface area contributed by atoms with E-state index in [1.165, 1.54) is 0 Å². The van der Waals surface area contributed by atoms with Gasteiger partial charge < -0.3 is 9.36 Å². The highest BCUT2D eigenvalue weighted by Crippen LogP contribution is 2.21. The number of hydrogen-bond donors (Lipinski definition) is 0. The standard InChI is InChI=1S/C15H23NO2/c1-10(2)16-11(3)9-14(13(16)5)15(18)8-6-7-12(4)17/h9-10H,6-8H2,1-5H3. The molecule has 1 rings (SSSR count). The minimum Gasteiger partial charge on any atom is -0.346 e. The Morgan fingerprint density at radius 3 is 2.28 bits per heavy atom. The Labute approximate surface area is 109 Å². The van der Waals surface area contributed by atoms with Crippen LogP contribution in [0, 0.1) is 13.8 Å². The van der Waals surface area contributed by atoms with Crippen LogP contribution in [0.3, 0.4) is 0 Å². The van der Waals surface area contributed by atoms with Crippen molar-refractivity contribution in [1.29, 1.82) is 0 Å². The summed E-state index contributed by atoms with van der Waals surface area (Å²) in [7, 11) is 0. The summed E-state index contributed by atoms with van der Waals surface area (Å²) >= 11 is 0. The van der Waals surface area contributed by atoms with Crippen molar-refractivity contribution < 1.29 is 9.59 Å². The summed E-state index contributed by atoms with van der Waals surface area (Å²) in [4.78, 5) is 23.0. The number of ketones is 2. The van der Waals surface area contributed by atoms with Gasteiger partial charge in [-0.25, -0.2) is 0 Å². The van der Waals surface area contributed by atoms with Gasteiger partial charge in [0, 0.05) is 35.8 Å². The molecule has 1 aromatic heterocycles. The van der Waals surface area contributed by atoms with Crippen molar-refractivity contribution >= 4 is 11.6 Å². The van der Waals surface area contributed by atoms with Crippen molar-refractivity contribution in [1.82, 2.24) is 4.57 Å². The Morgan fingerprint density at radius 1 is 1.22 bits per heavy atom. The van der Waals surface area contributed by atoms with Crippen LogP contribution in [0.5, 0.6) is 0 Å². The number of carbonyl (C=O) groups excluding carboxylic acids is 2. The lowest BCUT2D eigenvalue weighted by Crippen LogP contribution is -2.07. The minimum atomic E-state index is 0.149. The van der Waals surface area contributed by atoms with E-state index in [1.54, 1.807) is 6.92 Å². The smallest absolute Gasteiger partial charge is 0.164 e. The number of nitrogens with zero attached hydrogens (tertiary/aromatic N) is 1. The van der Waals surface area contributed by atoms with Crippen LogP contribution in [-0.4, -0.2) is 16.1 Å². The Hall–Kier alpha value is -1.38. The molecule has 0 bridgehead atoms. The predicted octanol–water partition coefficient (Wildman–Crippen LogP) is 3.63. The molecule has 0 aliphatic rings. The summed E-state index contributed by atoms with van der Waals surface area (Å²) in [6.07, 6.45) is 1.61. The van der Waals surface area contributed by atoms with E-state index in [0.29, 0.717) is 25.3 Å². The third kappa shape index (κ3) is 3.31. The van der Waals surface area contributed by atoms with Gasteiger partial charge in [-0.2, -0.15) is 0 Å². The zero-order valence-corrected chi connectivity index (χ0v) is 12.0. The van der Waals surface area contributed by atoms with Gasteiger partial charge in [-0.15, -0.1) is 0 Å². The molecule has 1 heterocycles. The van der Waals surface area contributed by atoms with Gasteiger partial charge >= 0.3 is 0 Å². The van der Waals surface area contributed by atoms with Crippen molar-refractivity contribution in [2.75, 3.05) is 0 Å². The van der Waals surface area contributed by atoms with Crippen molar-refractivity contribution in [3.63, 3.8) is 0 Å². The van der Waals surface area contributed by atoms with Gasteiger partial charge in [0.25, 0.3) is 0 Å². The van der Waals surface area contributed by atoms with Gasteiger partial charge in [0.05, 0.1) is 0 Å². The second kappa shape index (κ2) is 5.98. The number of aryl methyl sites for hydroxylation is 1. The number of hydrogen-bond acceptors (Lipinski definition) is 2. The monoisotopic (exact) mass is 249 g/mol. The molecule has 0 unspecified atom stereocenters. The molecule has 0 N–H and O–H groups in total. The molecule has 0 amide bonds. The van der Waals surface area contributed by atoms with Crippen LogP contribution in [0.15, 0.2) is 6.07 Å². The Bertz CT molecular complexity index is 455. The van der Waals surface area contributed by atoms with Gasteiger partial charge in [-0.3, -0.25) is 4.79 Å². The Kier molecular flexibility index (Phi) is 4.88. The molecule has 0 radical (unpaired) electrons. The van der Waals surface area contributed by atoms with E-state index in [4.69, 9.17) is 0 Å². The van der Waals surface area contributed by atoms with Crippen LogP contribution in [-0.2, 0) is 4.79 Å². The lowest BCUT2D eigenvalue weighted by molar-refractivity contribution is -0.117. The van der Waals surface area contributed by atoms with Crippen LogP contribution in [0.2, 0.25) is 0 Å². The first-order chi connectivity index (χ1) is 8.34. The van der Waals surface area contributed by atoms with Crippen LogP contribution in [0.4, 0.5) is 0 Å². The fraction of sp³-hybridized carbons (Fsp3) is 0.600. The van der Waals surface area contributed by atoms with Crippen LogP contribution in [0.25, 0.3) is 0 Å². The first-order valence-corrected chi connectivity index (χ1v) is 6.55. The predicted molar refractivity (Wildman–Crippen MR) is 73.2 cm³/mol. The second-order valence-electron chi connectivity index (χ2n) is 5.23. The van der Waals surface area contributed by atoms with Crippen molar-refractivity contribution in [3.8, 4) is 0 Å². The Morgan fingerprint density at radius 2 is 1.83 bits per heavy atom. The van der Waals surface area contributed by atoms with Gasteiger partial charge in [0.15, 0.2) is 5.78 Å². The summed E-state index contributed by atoms with van der Waals surface area (Å²) in [6.45, 7) is 9.81. The number of Topliss-reactive ketones (excluding diaryl/α,β-unsaturated/α-hetero) is 2. The normalized spacial score (nSPS) is 11.0. The maximum Gasteiger partial charge on any atom is 0.164 e. The zero-order valence-electron chi connectivity index (χ0n) is 12.0. The van der Waals surface area contributed by atoms with E-state index in [0.717, 1.165) is 17.0 Å². The third-order valence-electron chi connectivity index (χ3n) is 3.23. The van der Waals surface area contributed by atoms with E-state index in [1.807, 2.05) is 19.9 Å². The Balaban J connectivity index is 2.81. The topological polar surface area (TPSA) is 39.1 Å². The molecule has 0 aliphatic heterocycles. The van der Waals surface area contributed by atoms with E-state index < -0.39 is 0 Å².